The van der Waals surface area contributed by atoms with Crippen LogP contribution in [0, 0.1) is 11.6 Å². The summed E-state index contributed by atoms with van der Waals surface area (Å²) >= 11 is 3.08. The van der Waals surface area contributed by atoms with Crippen molar-refractivity contribution in [2.24, 2.45) is 5.84 Å². The van der Waals surface area contributed by atoms with Gasteiger partial charge in [-0.05, 0) is 51.3 Å². The Morgan fingerprint density at radius 2 is 1.70 bits per heavy atom. The van der Waals surface area contributed by atoms with Gasteiger partial charge in [0, 0.05) is 0 Å². The number of ether oxygens (including phenoxy) is 1. The quantitative estimate of drug-likeness (QED) is 0.662. The number of benzene rings is 2. The Balaban J connectivity index is 2.41. The molecule has 2 aromatic rings. The fourth-order valence-corrected chi connectivity index (χ4v) is 2.19. The van der Waals surface area contributed by atoms with Crippen molar-refractivity contribution in [3.63, 3.8) is 0 Å². The van der Waals surface area contributed by atoms with Crippen LogP contribution in [0.1, 0.15) is 17.2 Å². The molecular formula is C14H13BrF2N2O. The molecular weight excluding hydrogens is 330 g/mol. The maximum Gasteiger partial charge on any atom is 0.165 e. The molecule has 106 valence electrons. The van der Waals surface area contributed by atoms with Crippen LogP contribution < -0.4 is 16.0 Å². The Morgan fingerprint density at radius 3 is 2.20 bits per heavy atom. The molecule has 0 fully saturated rings. The first-order chi connectivity index (χ1) is 9.56. The van der Waals surface area contributed by atoms with Gasteiger partial charge < -0.3 is 4.74 Å². The van der Waals surface area contributed by atoms with Crippen molar-refractivity contribution in [1.29, 1.82) is 0 Å². The molecule has 0 bridgehead atoms. The highest BCUT2D eigenvalue weighted by Crippen LogP contribution is 2.28. The SMILES string of the molecule is COc1ccc(C(NN)c2ccc(Br)c(F)c2)cc1F. The van der Waals surface area contributed by atoms with Crippen molar-refractivity contribution >= 4 is 15.9 Å². The first kappa shape index (κ1) is 14.9. The van der Waals surface area contributed by atoms with Crippen LogP contribution in [0.3, 0.4) is 0 Å². The highest BCUT2D eigenvalue weighted by Gasteiger charge is 2.16. The molecule has 0 spiro atoms. The molecule has 2 rings (SSSR count). The Kier molecular flexibility index (Phi) is 4.69. The van der Waals surface area contributed by atoms with Crippen LogP contribution >= 0.6 is 15.9 Å². The van der Waals surface area contributed by atoms with E-state index in [0.29, 0.717) is 15.6 Å². The van der Waals surface area contributed by atoms with Crippen LogP contribution in [0.15, 0.2) is 40.9 Å². The molecule has 3 N–H and O–H groups in total. The third-order valence-electron chi connectivity index (χ3n) is 2.95. The Morgan fingerprint density at radius 1 is 1.10 bits per heavy atom. The highest BCUT2D eigenvalue weighted by atomic mass is 79.9. The molecule has 6 heteroatoms. The number of halogens is 3. The molecule has 0 saturated heterocycles. The topological polar surface area (TPSA) is 47.3 Å². The highest BCUT2D eigenvalue weighted by molar-refractivity contribution is 9.10. The summed E-state index contributed by atoms with van der Waals surface area (Å²) < 4.78 is 32.5. The second-order valence-corrected chi connectivity index (χ2v) is 5.02. The van der Waals surface area contributed by atoms with E-state index in [4.69, 9.17) is 10.6 Å². The predicted octanol–water partition coefficient (Wildman–Crippen LogP) is 3.29. The van der Waals surface area contributed by atoms with Gasteiger partial charge in [0.15, 0.2) is 11.6 Å². The smallest absolute Gasteiger partial charge is 0.165 e. The van der Waals surface area contributed by atoms with Gasteiger partial charge in [-0.25, -0.2) is 14.2 Å². The number of nitrogens with one attached hydrogen (secondary N) is 1. The van der Waals surface area contributed by atoms with Crippen molar-refractivity contribution in [3.05, 3.63) is 63.6 Å². The van der Waals surface area contributed by atoms with E-state index in [0.717, 1.165) is 0 Å². The Hall–Kier alpha value is -1.50. The van der Waals surface area contributed by atoms with Gasteiger partial charge in [0.2, 0.25) is 0 Å². The van der Waals surface area contributed by atoms with Gasteiger partial charge in [-0.3, -0.25) is 5.84 Å². The summed E-state index contributed by atoms with van der Waals surface area (Å²) in [7, 11) is 1.39. The van der Waals surface area contributed by atoms with Crippen molar-refractivity contribution in [2.75, 3.05) is 7.11 Å². The zero-order chi connectivity index (χ0) is 14.7. The zero-order valence-corrected chi connectivity index (χ0v) is 12.2. The summed E-state index contributed by atoms with van der Waals surface area (Å²) in [6, 6.07) is 8.60. The Bertz CT molecular complexity index is 622. The zero-order valence-electron chi connectivity index (χ0n) is 10.7. The van der Waals surface area contributed by atoms with Gasteiger partial charge in [0.1, 0.15) is 5.82 Å². The third kappa shape index (κ3) is 2.98. The van der Waals surface area contributed by atoms with E-state index in [1.807, 2.05) is 0 Å². The molecule has 3 nitrogen and oxygen atoms in total. The van der Waals surface area contributed by atoms with Crippen LogP contribution in [0.25, 0.3) is 0 Å². The van der Waals surface area contributed by atoms with Gasteiger partial charge in [0.05, 0.1) is 17.6 Å². The first-order valence-corrected chi connectivity index (χ1v) is 6.60. The number of hydrogen-bond acceptors (Lipinski definition) is 3. The maximum atomic E-state index is 13.7. The van der Waals surface area contributed by atoms with Crippen molar-refractivity contribution in [2.45, 2.75) is 6.04 Å². The van der Waals surface area contributed by atoms with Crippen molar-refractivity contribution in [3.8, 4) is 5.75 Å². The summed E-state index contributed by atoms with van der Waals surface area (Å²) in [5.74, 6) is 4.75. The van der Waals surface area contributed by atoms with E-state index >= 15 is 0 Å². The van der Waals surface area contributed by atoms with Crippen molar-refractivity contribution < 1.29 is 13.5 Å². The van der Waals surface area contributed by atoms with Crippen LogP contribution in [0.2, 0.25) is 0 Å². The van der Waals surface area contributed by atoms with E-state index in [-0.39, 0.29) is 5.75 Å². The molecule has 0 amide bonds. The monoisotopic (exact) mass is 342 g/mol. The summed E-state index contributed by atoms with van der Waals surface area (Å²) in [5, 5.41) is 0. The summed E-state index contributed by atoms with van der Waals surface area (Å²) in [6.45, 7) is 0. The van der Waals surface area contributed by atoms with E-state index in [2.05, 4.69) is 21.4 Å². The number of methoxy groups -OCH3 is 1. The summed E-state index contributed by atoms with van der Waals surface area (Å²) in [5.41, 5.74) is 3.73. The average Bonchev–Trinajstić information content (AvgIpc) is 2.44. The molecule has 0 saturated carbocycles. The van der Waals surface area contributed by atoms with Gasteiger partial charge in [0.25, 0.3) is 0 Å². The molecule has 0 radical (unpaired) electrons. The summed E-state index contributed by atoms with van der Waals surface area (Å²) in [4.78, 5) is 0. The molecule has 0 aliphatic rings. The van der Waals surface area contributed by atoms with E-state index in [1.165, 1.54) is 25.3 Å². The van der Waals surface area contributed by atoms with Gasteiger partial charge in [-0.2, -0.15) is 0 Å². The average molecular weight is 343 g/mol. The molecule has 0 aliphatic carbocycles. The third-order valence-corrected chi connectivity index (χ3v) is 3.60. The molecule has 0 aromatic heterocycles. The van der Waals surface area contributed by atoms with Crippen LogP contribution in [-0.2, 0) is 0 Å². The number of nitrogens with two attached hydrogens (primary N) is 1. The second kappa shape index (κ2) is 6.30. The van der Waals surface area contributed by atoms with E-state index in [9.17, 15) is 8.78 Å². The number of hydrazine groups is 1. The molecule has 1 unspecified atom stereocenters. The van der Waals surface area contributed by atoms with Gasteiger partial charge in [-0.1, -0.05) is 12.1 Å². The van der Waals surface area contributed by atoms with Crippen LogP contribution in [0.4, 0.5) is 8.78 Å². The van der Waals surface area contributed by atoms with E-state index in [1.54, 1.807) is 18.2 Å². The number of hydrogen-bond donors (Lipinski definition) is 2. The second-order valence-electron chi connectivity index (χ2n) is 4.17. The molecule has 20 heavy (non-hydrogen) atoms. The lowest BCUT2D eigenvalue weighted by Crippen LogP contribution is -2.29. The standard InChI is InChI=1S/C14H13BrF2N2O/c1-20-13-5-3-9(7-12(13)17)14(19-18)8-2-4-10(15)11(16)6-8/h2-7,14,19H,18H2,1H3. The molecule has 2 aromatic carbocycles. The number of rotatable bonds is 4. The fraction of sp³-hybridized carbons (Fsp3) is 0.143. The minimum Gasteiger partial charge on any atom is -0.494 e. The van der Waals surface area contributed by atoms with Crippen LogP contribution in [-0.4, -0.2) is 7.11 Å². The molecule has 1 atom stereocenters. The first-order valence-electron chi connectivity index (χ1n) is 5.81. The van der Waals surface area contributed by atoms with Gasteiger partial charge in [-0.15, -0.1) is 0 Å². The minimum atomic E-state index is -0.516. The molecule has 0 aliphatic heterocycles. The Labute approximate surface area is 123 Å². The normalized spacial score (nSPS) is 12.2. The minimum absolute atomic E-state index is 0.145. The lowest BCUT2D eigenvalue weighted by atomic mass is 9.99. The van der Waals surface area contributed by atoms with E-state index < -0.39 is 17.7 Å². The van der Waals surface area contributed by atoms with Gasteiger partial charge >= 0.3 is 0 Å². The lowest BCUT2D eigenvalue weighted by molar-refractivity contribution is 0.385. The lowest BCUT2D eigenvalue weighted by Gasteiger charge is -2.18. The maximum absolute atomic E-state index is 13.7. The van der Waals surface area contributed by atoms with Crippen molar-refractivity contribution in [1.82, 2.24) is 5.43 Å². The molecule has 0 heterocycles. The van der Waals surface area contributed by atoms with Crippen LogP contribution in [0.5, 0.6) is 5.75 Å². The largest absolute Gasteiger partial charge is 0.494 e. The predicted molar refractivity (Wildman–Crippen MR) is 76.2 cm³/mol. The summed E-state index contributed by atoms with van der Waals surface area (Å²) in [6.07, 6.45) is 0. The fourth-order valence-electron chi connectivity index (χ4n) is 1.94.